The molecule has 0 spiro atoms. The van der Waals surface area contributed by atoms with Crippen molar-refractivity contribution in [2.75, 3.05) is 6.54 Å². The van der Waals surface area contributed by atoms with Gasteiger partial charge in [-0.3, -0.25) is 10.00 Å². The average molecular weight is 310 g/mol. The van der Waals surface area contributed by atoms with E-state index in [0.717, 1.165) is 31.1 Å². The number of aromatic amines is 1. The summed E-state index contributed by atoms with van der Waals surface area (Å²) in [6.07, 6.45) is 5.03. The van der Waals surface area contributed by atoms with Crippen LogP contribution < -0.4 is 0 Å². The second-order valence-electron chi connectivity index (χ2n) is 5.78. The fourth-order valence-corrected chi connectivity index (χ4v) is 4.00. The van der Waals surface area contributed by atoms with Gasteiger partial charge < -0.3 is 0 Å². The molecule has 1 N–H and O–H groups in total. The number of H-pyrrole nitrogens is 1. The Morgan fingerprint density at radius 1 is 1.27 bits per heavy atom. The monoisotopic (exact) mass is 310 g/mol. The van der Waals surface area contributed by atoms with E-state index in [1.165, 1.54) is 27.3 Å². The number of hydrogen-bond donors (Lipinski definition) is 1. The van der Waals surface area contributed by atoms with Crippen LogP contribution in [0.4, 0.5) is 0 Å². The van der Waals surface area contributed by atoms with Crippen LogP contribution in [0.5, 0.6) is 0 Å². The minimum absolute atomic E-state index is 0.966. The normalized spacial score (nSPS) is 15.0. The predicted octanol–water partition coefficient (Wildman–Crippen LogP) is 3.40. The standard InChI is InChI=1S/C17H18N4S/c1-12-4-2-3-5-15(12)17-18-9-14(22-17)11-21-7-6-16-13(10-21)8-19-20-16/h2-5,8-9H,6-7,10-11H2,1H3,(H,19,20). The molecule has 5 heteroatoms. The molecule has 0 radical (unpaired) electrons. The lowest BCUT2D eigenvalue weighted by molar-refractivity contribution is 0.247. The first kappa shape index (κ1) is 13.7. The van der Waals surface area contributed by atoms with Crippen molar-refractivity contribution in [2.24, 2.45) is 0 Å². The zero-order valence-electron chi connectivity index (χ0n) is 12.5. The van der Waals surface area contributed by atoms with Gasteiger partial charge in [0.15, 0.2) is 0 Å². The molecular formula is C17H18N4S. The van der Waals surface area contributed by atoms with E-state index in [-0.39, 0.29) is 0 Å². The number of aromatic nitrogens is 3. The molecule has 0 saturated heterocycles. The largest absolute Gasteiger partial charge is 0.293 e. The minimum atomic E-state index is 0.966. The summed E-state index contributed by atoms with van der Waals surface area (Å²) in [5.41, 5.74) is 5.15. The van der Waals surface area contributed by atoms with Gasteiger partial charge in [-0.25, -0.2) is 4.98 Å². The highest BCUT2D eigenvalue weighted by atomic mass is 32.1. The summed E-state index contributed by atoms with van der Waals surface area (Å²) in [7, 11) is 0. The SMILES string of the molecule is Cc1ccccc1-c1ncc(CN2CCc3[nH]ncc3C2)s1. The number of thiazole rings is 1. The number of nitrogens with one attached hydrogen (secondary N) is 1. The first-order valence-corrected chi connectivity index (χ1v) is 8.35. The van der Waals surface area contributed by atoms with E-state index in [1.807, 2.05) is 12.4 Å². The highest BCUT2D eigenvalue weighted by molar-refractivity contribution is 7.15. The molecule has 0 amide bonds. The molecule has 1 aliphatic rings. The number of benzene rings is 1. The first-order chi connectivity index (χ1) is 10.8. The Hall–Kier alpha value is -1.98. The molecule has 112 valence electrons. The van der Waals surface area contributed by atoms with Gasteiger partial charge in [0.1, 0.15) is 5.01 Å². The van der Waals surface area contributed by atoms with Gasteiger partial charge in [-0.1, -0.05) is 24.3 Å². The van der Waals surface area contributed by atoms with Gasteiger partial charge in [0.2, 0.25) is 0 Å². The molecule has 0 unspecified atom stereocenters. The van der Waals surface area contributed by atoms with Crippen molar-refractivity contribution in [1.29, 1.82) is 0 Å². The minimum Gasteiger partial charge on any atom is -0.293 e. The van der Waals surface area contributed by atoms with Crippen LogP contribution in [0.1, 0.15) is 21.7 Å². The second-order valence-corrected chi connectivity index (χ2v) is 6.90. The topological polar surface area (TPSA) is 44.8 Å². The lowest BCUT2D eigenvalue weighted by Gasteiger charge is -2.25. The van der Waals surface area contributed by atoms with Gasteiger partial charge >= 0.3 is 0 Å². The summed E-state index contributed by atoms with van der Waals surface area (Å²) in [6.45, 7) is 5.16. The van der Waals surface area contributed by atoms with Crippen LogP contribution in [0.25, 0.3) is 10.6 Å². The Balaban J connectivity index is 1.50. The Labute approximate surface area is 133 Å². The van der Waals surface area contributed by atoms with Crippen LogP contribution in [0, 0.1) is 6.92 Å². The third-order valence-corrected chi connectivity index (χ3v) is 5.20. The van der Waals surface area contributed by atoms with E-state index in [9.17, 15) is 0 Å². The van der Waals surface area contributed by atoms with Gasteiger partial charge in [-0.05, 0) is 12.5 Å². The Kier molecular flexibility index (Phi) is 3.52. The van der Waals surface area contributed by atoms with Gasteiger partial charge in [0, 0.05) is 53.9 Å². The maximum Gasteiger partial charge on any atom is 0.123 e. The van der Waals surface area contributed by atoms with Gasteiger partial charge in [-0.15, -0.1) is 11.3 Å². The molecular weight excluding hydrogens is 292 g/mol. The molecule has 4 nitrogen and oxygen atoms in total. The highest BCUT2D eigenvalue weighted by Crippen LogP contribution is 2.29. The summed E-state index contributed by atoms with van der Waals surface area (Å²) in [6, 6.07) is 8.44. The average Bonchev–Trinajstić information content (AvgIpc) is 3.16. The molecule has 0 bridgehead atoms. The lowest BCUT2D eigenvalue weighted by atomic mass is 10.1. The molecule has 0 aliphatic carbocycles. The van der Waals surface area contributed by atoms with Crippen molar-refractivity contribution in [3.05, 3.63) is 58.4 Å². The number of nitrogens with zero attached hydrogens (tertiary/aromatic N) is 3. The van der Waals surface area contributed by atoms with Crippen LogP contribution in [0.15, 0.2) is 36.7 Å². The van der Waals surface area contributed by atoms with E-state index < -0.39 is 0 Å². The maximum absolute atomic E-state index is 4.62. The second kappa shape index (κ2) is 5.66. The maximum atomic E-state index is 4.62. The Morgan fingerprint density at radius 3 is 3.09 bits per heavy atom. The van der Waals surface area contributed by atoms with Crippen LogP contribution in [-0.4, -0.2) is 26.6 Å². The van der Waals surface area contributed by atoms with Gasteiger partial charge in [-0.2, -0.15) is 5.10 Å². The number of fused-ring (bicyclic) bond motifs is 1. The van der Waals surface area contributed by atoms with E-state index >= 15 is 0 Å². The molecule has 4 rings (SSSR count). The summed E-state index contributed by atoms with van der Waals surface area (Å²) in [5.74, 6) is 0. The third kappa shape index (κ3) is 2.58. The third-order valence-electron chi connectivity index (χ3n) is 4.19. The molecule has 0 saturated carbocycles. The van der Waals surface area contributed by atoms with Crippen molar-refractivity contribution >= 4 is 11.3 Å². The van der Waals surface area contributed by atoms with Crippen molar-refractivity contribution in [3.8, 4) is 10.6 Å². The fourth-order valence-electron chi connectivity index (χ4n) is 2.95. The van der Waals surface area contributed by atoms with Crippen molar-refractivity contribution in [3.63, 3.8) is 0 Å². The molecule has 2 aromatic heterocycles. The molecule has 22 heavy (non-hydrogen) atoms. The molecule has 0 fully saturated rings. The number of hydrogen-bond acceptors (Lipinski definition) is 4. The lowest BCUT2D eigenvalue weighted by Crippen LogP contribution is -2.29. The van der Waals surface area contributed by atoms with E-state index in [2.05, 4.69) is 51.3 Å². The molecule has 0 atom stereocenters. The quantitative estimate of drug-likeness (QED) is 0.806. The first-order valence-electron chi connectivity index (χ1n) is 7.54. The van der Waals surface area contributed by atoms with Crippen LogP contribution in [0.2, 0.25) is 0 Å². The predicted molar refractivity (Wildman–Crippen MR) is 88.7 cm³/mol. The number of aryl methyl sites for hydroxylation is 1. The van der Waals surface area contributed by atoms with Crippen molar-refractivity contribution in [2.45, 2.75) is 26.4 Å². The van der Waals surface area contributed by atoms with E-state index in [4.69, 9.17) is 0 Å². The Morgan fingerprint density at radius 2 is 2.18 bits per heavy atom. The van der Waals surface area contributed by atoms with Gasteiger partial charge in [0.05, 0.1) is 6.20 Å². The number of rotatable bonds is 3. The van der Waals surface area contributed by atoms with Crippen LogP contribution in [-0.2, 0) is 19.5 Å². The molecule has 1 aromatic carbocycles. The van der Waals surface area contributed by atoms with Crippen LogP contribution in [0.3, 0.4) is 0 Å². The highest BCUT2D eigenvalue weighted by Gasteiger charge is 2.18. The molecule has 1 aliphatic heterocycles. The summed E-state index contributed by atoms with van der Waals surface area (Å²) in [4.78, 5) is 8.41. The summed E-state index contributed by atoms with van der Waals surface area (Å²) in [5, 5.41) is 8.34. The zero-order valence-corrected chi connectivity index (χ0v) is 13.4. The fraction of sp³-hybridized carbons (Fsp3) is 0.294. The van der Waals surface area contributed by atoms with E-state index in [1.54, 1.807) is 11.3 Å². The van der Waals surface area contributed by atoms with Gasteiger partial charge in [0.25, 0.3) is 0 Å². The summed E-state index contributed by atoms with van der Waals surface area (Å²) >= 11 is 1.80. The summed E-state index contributed by atoms with van der Waals surface area (Å²) < 4.78 is 0. The van der Waals surface area contributed by atoms with Crippen molar-refractivity contribution in [1.82, 2.24) is 20.1 Å². The zero-order chi connectivity index (χ0) is 14.9. The Bertz CT molecular complexity index is 789. The van der Waals surface area contributed by atoms with Crippen LogP contribution >= 0.6 is 11.3 Å². The molecule has 3 heterocycles. The smallest absolute Gasteiger partial charge is 0.123 e. The van der Waals surface area contributed by atoms with Crippen molar-refractivity contribution < 1.29 is 0 Å². The van der Waals surface area contributed by atoms with E-state index in [0.29, 0.717) is 0 Å². The molecule has 3 aromatic rings.